The summed E-state index contributed by atoms with van der Waals surface area (Å²) in [6, 6.07) is 3.36. The van der Waals surface area contributed by atoms with Crippen molar-refractivity contribution in [2.45, 2.75) is 6.92 Å². The van der Waals surface area contributed by atoms with Crippen LogP contribution in [0.4, 0.5) is 0 Å². The fraction of sp³-hybridized carbons (Fsp3) is 0.125. The number of aryl methyl sites for hydroxylation is 1. The molecule has 72 valence electrons. The summed E-state index contributed by atoms with van der Waals surface area (Å²) in [5.41, 5.74) is -0.0284. The molecular formula is C8H7N3O3. The van der Waals surface area contributed by atoms with Gasteiger partial charge in [0, 0.05) is 6.07 Å². The summed E-state index contributed by atoms with van der Waals surface area (Å²) in [7, 11) is 0. The first kappa shape index (κ1) is 8.49. The zero-order valence-corrected chi connectivity index (χ0v) is 7.34. The Morgan fingerprint density at radius 1 is 1.57 bits per heavy atom. The van der Waals surface area contributed by atoms with E-state index >= 15 is 0 Å². The van der Waals surface area contributed by atoms with E-state index in [2.05, 4.69) is 10.3 Å². The van der Waals surface area contributed by atoms with E-state index < -0.39 is 5.97 Å². The van der Waals surface area contributed by atoms with E-state index in [4.69, 9.17) is 9.52 Å². The molecule has 0 fully saturated rings. The highest BCUT2D eigenvalue weighted by molar-refractivity contribution is 5.85. The molecule has 2 rings (SSSR count). The van der Waals surface area contributed by atoms with Gasteiger partial charge in [0.1, 0.15) is 5.76 Å². The molecule has 0 amide bonds. The first-order valence-corrected chi connectivity index (χ1v) is 3.89. The summed E-state index contributed by atoms with van der Waals surface area (Å²) in [6.45, 7) is 1.76. The van der Waals surface area contributed by atoms with Crippen molar-refractivity contribution in [1.82, 2.24) is 15.0 Å². The molecule has 6 nitrogen and oxygen atoms in total. The Morgan fingerprint density at radius 3 is 2.93 bits per heavy atom. The van der Waals surface area contributed by atoms with Crippen LogP contribution in [0.25, 0.3) is 5.88 Å². The highest BCUT2D eigenvalue weighted by Gasteiger charge is 2.14. The topological polar surface area (TPSA) is 81.2 Å². The minimum Gasteiger partial charge on any atom is -0.476 e. The number of aromatic carboxylic acids is 1. The average Bonchev–Trinajstić information content (AvgIpc) is 2.70. The summed E-state index contributed by atoms with van der Waals surface area (Å²) in [5, 5.41) is 15.9. The molecule has 2 heterocycles. The van der Waals surface area contributed by atoms with Crippen molar-refractivity contribution in [2.24, 2.45) is 0 Å². The van der Waals surface area contributed by atoms with Gasteiger partial charge in [-0.2, -0.15) is 4.68 Å². The zero-order valence-electron chi connectivity index (χ0n) is 7.34. The molecule has 0 saturated heterocycles. The number of rotatable bonds is 2. The molecule has 0 aliphatic rings. The van der Waals surface area contributed by atoms with Gasteiger partial charge in [-0.3, -0.25) is 0 Å². The first-order chi connectivity index (χ1) is 6.68. The van der Waals surface area contributed by atoms with E-state index in [0.29, 0.717) is 11.6 Å². The monoisotopic (exact) mass is 193 g/mol. The number of carboxylic acids is 1. The van der Waals surface area contributed by atoms with Crippen LogP contribution in [0, 0.1) is 6.92 Å². The second-order valence-electron chi connectivity index (χ2n) is 2.72. The van der Waals surface area contributed by atoms with E-state index in [9.17, 15) is 4.79 Å². The van der Waals surface area contributed by atoms with Crippen LogP contribution in [0.15, 0.2) is 22.7 Å². The van der Waals surface area contributed by atoms with Crippen LogP contribution >= 0.6 is 0 Å². The SMILES string of the molecule is Cc1ccc(-n2nncc2C(=O)O)o1. The Hall–Kier alpha value is -2.11. The molecule has 0 bridgehead atoms. The van der Waals surface area contributed by atoms with Crippen molar-refractivity contribution in [3.8, 4) is 5.88 Å². The maximum Gasteiger partial charge on any atom is 0.356 e. The fourth-order valence-corrected chi connectivity index (χ4v) is 1.08. The van der Waals surface area contributed by atoms with Crippen LogP contribution in [-0.4, -0.2) is 26.1 Å². The molecule has 0 saturated carbocycles. The second-order valence-corrected chi connectivity index (χ2v) is 2.72. The number of carboxylic acid groups (broad SMARTS) is 1. The number of aromatic nitrogens is 3. The number of hydrogen-bond acceptors (Lipinski definition) is 4. The molecule has 1 N–H and O–H groups in total. The largest absolute Gasteiger partial charge is 0.476 e. The standard InChI is InChI=1S/C8H7N3O3/c1-5-2-3-7(14-5)11-6(8(12)13)4-9-10-11/h2-4H,1H3,(H,12,13). The summed E-state index contributed by atoms with van der Waals surface area (Å²) < 4.78 is 6.35. The molecule has 0 atom stereocenters. The summed E-state index contributed by atoms with van der Waals surface area (Å²) in [4.78, 5) is 10.7. The van der Waals surface area contributed by atoms with E-state index in [0.717, 1.165) is 4.68 Å². The molecule has 0 aliphatic carbocycles. The number of carbonyl (C=O) groups is 1. The van der Waals surface area contributed by atoms with Crippen LogP contribution in [-0.2, 0) is 0 Å². The predicted molar refractivity (Wildman–Crippen MR) is 45.3 cm³/mol. The predicted octanol–water partition coefficient (Wildman–Crippen LogP) is 0.867. The molecular weight excluding hydrogens is 186 g/mol. The molecule has 2 aromatic rings. The molecule has 0 radical (unpaired) electrons. The third-order valence-corrected chi connectivity index (χ3v) is 1.70. The summed E-state index contributed by atoms with van der Waals surface area (Å²) >= 11 is 0. The van der Waals surface area contributed by atoms with E-state index in [1.54, 1.807) is 19.1 Å². The van der Waals surface area contributed by atoms with E-state index in [1.807, 2.05) is 0 Å². The average molecular weight is 193 g/mol. The zero-order chi connectivity index (χ0) is 10.1. The van der Waals surface area contributed by atoms with Crippen LogP contribution in [0.3, 0.4) is 0 Å². The minimum absolute atomic E-state index is 0.0284. The van der Waals surface area contributed by atoms with E-state index in [-0.39, 0.29) is 5.69 Å². The lowest BCUT2D eigenvalue weighted by atomic mass is 10.4. The number of hydrogen-bond donors (Lipinski definition) is 1. The molecule has 6 heteroatoms. The molecule has 0 unspecified atom stereocenters. The van der Waals surface area contributed by atoms with Crippen LogP contribution in [0.1, 0.15) is 16.2 Å². The lowest BCUT2D eigenvalue weighted by Crippen LogP contribution is -2.06. The van der Waals surface area contributed by atoms with Gasteiger partial charge in [-0.25, -0.2) is 4.79 Å². The number of nitrogens with zero attached hydrogens (tertiary/aromatic N) is 3. The molecule has 2 aromatic heterocycles. The van der Waals surface area contributed by atoms with E-state index in [1.165, 1.54) is 6.20 Å². The van der Waals surface area contributed by atoms with Crippen LogP contribution in [0.5, 0.6) is 0 Å². The Bertz CT molecular complexity index is 472. The quantitative estimate of drug-likeness (QED) is 0.765. The molecule has 0 aromatic carbocycles. The highest BCUT2D eigenvalue weighted by atomic mass is 16.4. The van der Waals surface area contributed by atoms with Gasteiger partial charge in [0.15, 0.2) is 5.69 Å². The third-order valence-electron chi connectivity index (χ3n) is 1.70. The maximum absolute atomic E-state index is 10.7. The highest BCUT2D eigenvalue weighted by Crippen LogP contribution is 2.12. The van der Waals surface area contributed by atoms with Gasteiger partial charge in [-0.15, -0.1) is 5.10 Å². The first-order valence-electron chi connectivity index (χ1n) is 3.89. The van der Waals surface area contributed by atoms with Gasteiger partial charge >= 0.3 is 5.97 Å². The van der Waals surface area contributed by atoms with Crippen LogP contribution < -0.4 is 0 Å². The van der Waals surface area contributed by atoms with Crippen molar-refractivity contribution in [3.05, 3.63) is 29.8 Å². The molecule has 14 heavy (non-hydrogen) atoms. The maximum atomic E-state index is 10.7. The van der Waals surface area contributed by atoms with Gasteiger partial charge in [0.05, 0.1) is 6.20 Å². The Balaban J connectivity index is 2.51. The molecule has 0 aliphatic heterocycles. The fourth-order valence-electron chi connectivity index (χ4n) is 1.08. The van der Waals surface area contributed by atoms with Crippen molar-refractivity contribution in [2.75, 3.05) is 0 Å². The lowest BCUT2D eigenvalue weighted by Gasteiger charge is -1.96. The summed E-state index contributed by atoms with van der Waals surface area (Å²) in [6.07, 6.45) is 1.17. The lowest BCUT2D eigenvalue weighted by molar-refractivity contribution is 0.0686. The Kier molecular flexibility index (Phi) is 1.81. The number of furan rings is 1. The normalized spacial score (nSPS) is 10.4. The van der Waals surface area contributed by atoms with Gasteiger partial charge in [0.25, 0.3) is 0 Å². The summed E-state index contributed by atoms with van der Waals surface area (Å²) in [5.74, 6) is -0.0618. The van der Waals surface area contributed by atoms with Crippen molar-refractivity contribution in [1.29, 1.82) is 0 Å². The van der Waals surface area contributed by atoms with Gasteiger partial charge < -0.3 is 9.52 Å². The Morgan fingerprint density at radius 2 is 2.36 bits per heavy atom. The third kappa shape index (κ3) is 1.26. The Labute approximate surface area is 78.8 Å². The van der Waals surface area contributed by atoms with Gasteiger partial charge in [0.2, 0.25) is 5.88 Å². The molecule has 0 spiro atoms. The van der Waals surface area contributed by atoms with Crippen molar-refractivity contribution < 1.29 is 14.3 Å². The smallest absolute Gasteiger partial charge is 0.356 e. The minimum atomic E-state index is -1.09. The van der Waals surface area contributed by atoms with Crippen molar-refractivity contribution >= 4 is 5.97 Å². The van der Waals surface area contributed by atoms with Gasteiger partial charge in [-0.1, -0.05) is 5.21 Å². The van der Waals surface area contributed by atoms with Gasteiger partial charge in [-0.05, 0) is 13.0 Å². The van der Waals surface area contributed by atoms with Crippen LogP contribution in [0.2, 0.25) is 0 Å². The van der Waals surface area contributed by atoms with Crippen molar-refractivity contribution in [3.63, 3.8) is 0 Å². The second kappa shape index (κ2) is 2.99.